The van der Waals surface area contributed by atoms with E-state index in [9.17, 15) is 18.0 Å². The number of carbonyl (C=O) groups is 1. The van der Waals surface area contributed by atoms with Crippen molar-refractivity contribution in [3.63, 3.8) is 0 Å². The number of nitrogen functional groups attached to an aromatic ring is 1. The number of oxazole rings is 1. The molecule has 3 aromatic rings. The highest BCUT2D eigenvalue weighted by molar-refractivity contribution is 7.80. The van der Waals surface area contributed by atoms with Crippen LogP contribution in [-0.2, 0) is 27.8 Å². The summed E-state index contributed by atoms with van der Waals surface area (Å²) in [5, 5.41) is 13.9. The molecule has 1 aromatic heterocycles. The van der Waals surface area contributed by atoms with Gasteiger partial charge in [0.05, 0.1) is 34.4 Å². The average molecular weight is 550 g/mol. The summed E-state index contributed by atoms with van der Waals surface area (Å²) in [7, 11) is 0. The fourth-order valence-electron chi connectivity index (χ4n) is 3.57. The van der Waals surface area contributed by atoms with Gasteiger partial charge in [-0.3, -0.25) is 14.8 Å². The lowest BCUT2D eigenvalue weighted by Gasteiger charge is -2.34. The Bertz CT molecular complexity index is 1380. The van der Waals surface area contributed by atoms with Crippen LogP contribution in [-0.4, -0.2) is 22.3 Å². The summed E-state index contributed by atoms with van der Waals surface area (Å²) in [6, 6.07) is 9.94. The molecule has 0 fully saturated rings. The highest BCUT2D eigenvalue weighted by atomic mass is 32.1. The lowest BCUT2D eigenvalue weighted by molar-refractivity contribution is -0.155. The Hall–Kier alpha value is -3.80. The lowest BCUT2D eigenvalue weighted by Crippen LogP contribution is -2.49. The fraction of sp³-hybridized carbons (Fsp3) is 0.346. The van der Waals surface area contributed by atoms with E-state index in [1.807, 2.05) is 0 Å². The Kier molecular flexibility index (Phi) is 8.25. The van der Waals surface area contributed by atoms with Crippen LogP contribution in [0.5, 0.6) is 0 Å². The maximum atomic E-state index is 13.5. The largest absolute Gasteiger partial charge is 0.462 e. The monoisotopic (exact) mass is 549 g/mol. The smallest absolute Gasteiger partial charge is 0.416 e. The van der Waals surface area contributed by atoms with Gasteiger partial charge in [0, 0.05) is 6.20 Å². The Labute approximate surface area is 223 Å². The molecule has 0 amide bonds. The van der Waals surface area contributed by atoms with Gasteiger partial charge in [0.1, 0.15) is 12.9 Å². The number of thiocarbonyl (C=S) groups is 1. The average Bonchev–Trinajstić information content (AvgIpc) is 3.23. The second kappa shape index (κ2) is 10.9. The van der Waals surface area contributed by atoms with Crippen molar-refractivity contribution in [3.05, 3.63) is 77.3 Å². The van der Waals surface area contributed by atoms with E-state index in [0.717, 1.165) is 12.1 Å². The predicted molar refractivity (Wildman–Crippen MR) is 141 cm³/mol. The topological polar surface area (TPSA) is 118 Å². The highest BCUT2D eigenvalue weighted by Gasteiger charge is 2.36. The van der Waals surface area contributed by atoms with E-state index in [0.29, 0.717) is 16.9 Å². The second-order valence-electron chi connectivity index (χ2n) is 10.0. The maximum absolute atomic E-state index is 13.5. The van der Waals surface area contributed by atoms with Gasteiger partial charge in [0.15, 0.2) is 5.11 Å². The number of hydrogen-bond donors (Lipinski definition) is 4. The summed E-state index contributed by atoms with van der Waals surface area (Å²) in [4.78, 5) is 12.5. The Balaban J connectivity index is 1.92. The van der Waals surface area contributed by atoms with E-state index >= 15 is 0 Å². The van der Waals surface area contributed by atoms with Crippen LogP contribution < -0.4 is 22.1 Å². The van der Waals surface area contributed by atoms with Crippen LogP contribution in [0.4, 0.5) is 24.5 Å². The number of alkyl halides is 3. The van der Waals surface area contributed by atoms with Crippen LogP contribution in [0.2, 0.25) is 0 Å². The third kappa shape index (κ3) is 6.94. The van der Waals surface area contributed by atoms with Gasteiger partial charge in [-0.25, -0.2) is 0 Å². The van der Waals surface area contributed by atoms with E-state index in [2.05, 4.69) is 10.6 Å². The number of ether oxygens (including phenoxy) is 1. The second-order valence-corrected chi connectivity index (χ2v) is 10.4. The number of hydrogen-bond acceptors (Lipinski definition) is 6. The lowest BCUT2D eigenvalue weighted by atomic mass is 9.91. The molecule has 1 atom stereocenters. The minimum Gasteiger partial charge on any atom is -0.462 e. The van der Waals surface area contributed by atoms with Crippen LogP contribution in [0.15, 0.2) is 59.3 Å². The molecule has 1 heterocycles. The number of aromatic nitrogens is 1. The molecule has 38 heavy (non-hydrogen) atoms. The molecule has 0 spiro atoms. The van der Waals surface area contributed by atoms with Gasteiger partial charge in [-0.05, 0) is 69.2 Å². The first-order valence-corrected chi connectivity index (χ1v) is 12.0. The molecule has 8 nitrogen and oxygen atoms in total. The van der Waals surface area contributed by atoms with Gasteiger partial charge in [-0.15, -0.1) is 0 Å². The standard InChI is InChI=1S/C26H30F3N5O3S/c1-24(2,3)21(35)37-15-25(4,17-8-6-9-18(13-17)26(27,28)29)33-23(38)32-20-16(7-5-10-19(20)30)14-34-11-12-36-22(34)31/h5-13,31H,14-15,30H2,1-4H3,(H2,32,33,38). The first-order valence-electron chi connectivity index (χ1n) is 11.6. The van der Waals surface area contributed by atoms with Gasteiger partial charge < -0.3 is 25.5 Å². The molecular weight excluding hydrogens is 519 g/mol. The van der Waals surface area contributed by atoms with E-state index in [1.54, 1.807) is 56.7 Å². The molecule has 0 saturated carbocycles. The zero-order valence-electron chi connectivity index (χ0n) is 21.4. The van der Waals surface area contributed by atoms with Gasteiger partial charge in [-0.2, -0.15) is 13.2 Å². The molecule has 0 radical (unpaired) electrons. The van der Waals surface area contributed by atoms with Crippen LogP contribution in [0.1, 0.15) is 44.4 Å². The van der Waals surface area contributed by atoms with Crippen molar-refractivity contribution >= 4 is 34.7 Å². The minimum absolute atomic E-state index is 0.0409. The van der Waals surface area contributed by atoms with Crippen molar-refractivity contribution in [2.75, 3.05) is 17.7 Å². The maximum Gasteiger partial charge on any atom is 0.416 e. The summed E-state index contributed by atoms with van der Waals surface area (Å²) in [5.41, 5.74) is 4.87. The molecule has 0 saturated heterocycles. The fourth-order valence-corrected chi connectivity index (χ4v) is 3.90. The summed E-state index contributed by atoms with van der Waals surface area (Å²) in [6.45, 7) is 6.58. The number of nitrogens with two attached hydrogens (primary N) is 1. The van der Waals surface area contributed by atoms with Crippen LogP contribution in [0.25, 0.3) is 0 Å². The van der Waals surface area contributed by atoms with Crippen molar-refractivity contribution in [3.8, 4) is 0 Å². The van der Waals surface area contributed by atoms with E-state index in [-0.39, 0.29) is 29.5 Å². The number of halogens is 3. The molecule has 0 aliphatic rings. The Morgan fingerprint density at radius 2 is 1.79 bits per heavy atom. The number of benzene rings is 2. The van der Waals surface area contributed by atoms with Crippen molar-refractivity contribution in [2.24, 2.45) is 5.41 Å². The Morgan fingerprint density at radius 3 is 2.39 bits per heavy atom. The van der Waals surface area contributed by atoms with Gasteiger partial charge in [-0.1, -0.05) is 24.3 Å². The summed E-state index contributed by atoms with van der Waals surface area (Å²) in [5.74, 6) is -0.519. The van der Waals surface area contributed by atoms with Crippen molar-refractivity contribution in [1.82, 2.24) is 9.88 Å². The van der Waals surface area contributed by atoms with E-state index in [4.69, 9.17) is 32.5 Å². The molecule has 1 unspecified atom stereocenters. The van der Waals surface area contributed by atoms with Gasteiger partial charge >= 0.3 is 12.1 Å². The quantitative estimate of drug-likeness (QED) is 0.186. The number of rotatable bonds is 7. The summed E-state index contributed by atoms with van der Waals surface area (Å²) < 4.78 is 52.5. The van der Waals surface area contributed by atoms with Crippen molar-refractivity contribution in [1.29, 1.82) is 5.41 Å². The molecule has 12 heteroatoms. The molecule has 0 bridgehead atoms. The van der Waals surface area contributed by atoms with Gasteiger partial charge in [0.25, 0.3) is 5.68 Å². The predicted octanol–water partition coefficient (Wildman–Crippen LogP) is 5.00. The number of anilines is 2. The van der Waals surface area contributed by atoms with Crippen molar-refractivity contribution in [2.45, 2.75) is 46.0 Å². The number of nitrogens with one attached hydrogen (secondary N) is 3. The van der Waals surface area contributed by atoms with Gasteiger partial charge in [0.2, 0.25) is 0 Å². The minimum atomic E-state index is -4.56. The summed E-state index contributed by atoms with van der Waals surface area (Å²) in [6.07, 6.45) is -1.58. The molecule has 0 aliphatic carbocycles. The molecular formula is C26H30F3N5O3S. The summed E-state index contributed by atoms with van der Waals surface area (Å²) >= 11 is 5.53. The van der Waals surface area contributed by atoms with Crippen LogP contribution in [0, 0.1) is 10.8 Å². The first-order chi connectivity index (χ1) is 17.6. The molecule has 204 valence electrons. The number of carbonyl (C=O) groups excluding carboxylic acids is 1. The molecule has 5 N–H and O–H groups in total. The number of esters is 1. The van der Waals surface area contributed by atoms with E-state index < -0.39 is 28.7 Å². The van der Waals surface area contributed by atoms with Crippen LogP contribution >= 0.6 is 12.2 Å². The molecule has 0 aliphatic heterocycles. The normalized spacial score (nSPS) is 13.4. The van der Waals surface area contributed by atoms with E-state index in [1.165, 1.54) is 18.4 Å². The SMILES string of the molecule is CC(C)(C)C(=O)OCC(C)(NC(=S)Nc1c(N)cccc1Cn1ccoc1=N)c1cccc(C(F)(F)F)c1. The first kappa shape index (κ1) is 28.8. The highest BCUT2D eigenvalue weighted by Crippen LogP contribution is 2.33. The van der Waals surface area contributed by atoms with Crippen LogP contribution in [0.3, 0.4) is 0 Å². The molecule has 2 aromatic carbocycles. The van der Waals surface area contributed by atoms with Crippen molar-refractivity contribution < 1.29 is 27.1 Å². The zero-order chi connectivity index (χ0) is 28.3. The Morgan fingerprint density at radius 1 is 1.13 bits per heavy atom. The zero-order valence-corrected chi connectivity index (χ0v) is 22.2. The third-order valence-electron chi connectivity index (χ3n) is 5.76. The third-order valence-corrected chi connectivity index (χ3v) is 5.97. The number of para-hydroxylation sites is 1. The molecule has 3 rings (SSSR count). The number of nitrogens with zero attached hydrogens (tertiary/aromatic N) is 1.